The Kier molecular flexibility index (Phi) is 2.83. The average molecular weight is 340 g/mol. The number of nitrogens with two attached hydrogens (primary N) is 1. The fourth-order valence-electron chi connectivity index (χ4n) is 4.61. The van der Waals surface area contributed by atoms with Crippen molar-refractivity contribution in [3.63, 3.8) is 0 Å². The van der Waals surface area contributed by atoms with Crippen LogP contribution in [0.25, 0.3) is 0 Å². The third-order valence-electron chi connectivity index (χ3n) is 5.81. The Morgan fingerprint density at radius 3 is 2.50 bits per heavy atom. The topological polar surface area (TPSA) is 104 Å². The summed E-state index contributed by atoms with van der Waals surface area (Å²) >= 11 is 1.46. The molecule has 1 spiro atoms. The lowest BCUT2D eigenvalue weighted by Crippen LogP contribution is -2.38. The second kappa shape index (κ2) is 4.44. The van der Waals surface area contributed by atoms with Crippen LogP contribution < -0.4 is 10.5 Å². The van der Waals surface area contributed by atoms with Crippen LogP contribution in [-0.4, -0.2) is 30.4 Å². The number of methoxy groups -OCH3 is 1. The molecule has 4 rings (SSSR count). The molecule has 2 aliphatic heterocycles. The molecule has 2 heterocycles. The van der Waals surface area contributed by atoms with Crippen LogP contribution in [0, 0.1) is 33.5 Å². The predicted molar refractivity (Wildman–Crippen MR) is 89.2 cm³/mol. The van der Waals surface area contributed by atoms with Gasteiger partial charge in [0.1, 0.15) is 11.6 Å². The number of fused-ring (bicyclic) bond motifs is 2. The first-order valence-corrected chi connectivity index (χ1v) is 8.59. The van der Waals surface area contributed by atoms with Gasteiger partial charge in [0.05, 0.1) is 25.9 Å². The van der Waals surface area contributed by atoms with E-state index in [1.807, 2.05) is 31.2 Å². The quantitative estimate of drug-likeness (QED) is 0.880. The van der Waals surface area contributed by atoms with Crippen LogP contribution in [0.4, 0.5) is 0 Å². The van der Waals surface area contributed by atoms with E-state index in [4.69, 9.17) is 15.2 Å². The van der Waals surface area contributed by atoms with Gasteiger partial charge >= 0.3 is 0 Å². The lowest BCUT2D eigenvalue weighted by molar-refractivity contribution is 0.0151. The maximum Gasteiger partial charge on any atom is 0.231 e. The van der Waals surface area contributed by atoms with Crippen LogP contribution in [0.1, 0.15) is 12.5 Å². The largest absolute Gasteiger partial charge is 0.497 e. The molecule has 1 aromatic carbocycles. The van der Waals surface area contributed by atoms with Crippen molar-refractivity contribution in [1.29, 1.82) is 10.5 Å². The fourth-order valence-corrected chi connectivity index (χ4v) is 6.00. The summed E-state index contributed by atoms with van der Waals surface area (Å²) in [4.78, 5) is 4.46. The second-order valence-corrected chi connectivity index (χ2v) is 7.60. The first-order valence-electron chi connectivity index (χ1n) is 7.60. The molecule has 0 bridgehead atoms. The molecule has 0 amide bonds. The molecule has 1 aliphatic carbocycles. The Balaban J connectivity index is 1.95. The van der Waals surface area contributed by atoms with Crippen molar-refractivity contribution < 1.29 is 9.47 Å². The Hall–Kier alpha value is -2.22. The van der Waals surface area contributed by atoms with Gasteiger partial charge in [-0.2, -0.15) is 10.5 Å². The number of benzene rings is 1. The Bertz CT molecular complexity index is 834. The number of rotatable bonds is 2. The number of ether oxygens (including phenoxy) is 2. The van der Waals surface area contributed by atoms with E-state index in [1.165, 1.54) is 11.8 Å². The SMILES string of the molecule is COc1ccc([C@]2(C)[C@]3(C#N)C(N)=N[C@@]4(OCCS4)[C@@]32C#N)cc1. The zero-order valence-corrected chi connectivity index (χ0v) is 14.2. The maximum absolute atomic E-state index is 10.2. The van der Waals surface area contributed by atoms with Gasteiger partial charge in [-0.25, -0.2) is 4.99 Å². The molecule has 1 saturated heterocycles. The summed E-state index contributed by atoms with van der Waals surface area (Å²) in [5.41, 5.74) is 3.96. The smallest absolute Gasteiger partial charge is 0.231 e. The minimum absolute atomic E-state index is 0.194. The Labute approximate surface area is 144 Å². The van der Waals surface area contributed by atoms with Gasteiger partial charge in [0.25, 0.3) is 0 Å². The van der Waals surface area contributed by atoms with Crippen molar-refractivity contribution >= 4 is 17.6 Å². The molecule has 1 aromatic rings. The van der Waals surface area contributed by atoms with Crippen LogP contribution in [0.5, 0.6) is 5.75 Å². The predicted octanol–water partition coefficient (Wildman–Crippen LogP) is 1.77. The van der Waals surface area contributed by atoms with Gasteiger partial charge in [-0.3, -0.25) is 0 Å². The minimum Gasteiger partial charge on any atom is -0.497 e. The summed E-state index contributed by atoms with van der Waals surface area (Å²) in [7, 11) is 1.60. The van der Waals surface area contributed by atoms with Crippen LogP contribution in [0.2, 0.25) is 0 Å². The summed E-state index contributed by atoms with van der Waals surface area (Å²) < 4.78 is 11.1. The highest BCUT2D eigenvalue weighted by molar-refractivity contribution is 8.00. The van der Waals surface area contributed by atoms with Gasteiger partial charge in [-0.15, -0.1) is 0 Å². The molecule has 0 aromatic heterocycles. The molecule has 7 heteroatoms. The van der Waals surface area contributed by atoms with E-state index < -0.39 is 21.3 Å². The molecular weight excluding hydrogens is 324 g/mol. The van der Waals surface area contributed by atoms with Crippen molar-refractivity contribution in [2.45, 2.75) is 17.4 Å². The van der Waals surface area contributed by atoms with E-state index in [1.54, 1.807) is 7.11 Å². The van der Waals surface area contributed by atoms with Crippen molar-refractivity contribution in [3.8, 4) is 17.9 Å². The first kappa shape index (κ1) is 15.3. The molecule has 4 atom stereocenters. The standard InChI is InChI=1S/C17H16N4O2S/c1-14(11-3-5-12(22-2)6-4-11)15(9-18)13(20)21-17(16(14,15)10-19)23-7-8-24-17/h3-6H,7-8H2,1-2H3,(H2,20,21)/t14-,15+,16-,17-/m1/s1. The molecule has 24 heavy (non-hydrogen) atoms. The minimum atomic E-state index is -1.18. The van der Waals surface area contributed by atoms with Gasteiger partial charge in [-0.1, -0.05) is 30.8 Å². The van der Waals surface area contributed by atoms with Crippen LogP contribution >= 0.6 is 11.8 Å². The van der Waals surface area contributed by atoms with Gasteiger partial charge < -0.3 is 15.2 Å². The zero-order chi connectivity index (χ0) is 17.2. The van der Waals surface area contributed by atoms with E-state index in [0.29, 0.717) is 12.4 Å². The molecule has 2 N–H and O–H groups in total. The molecular formula is C17H16N4O2S. The van der Waals surface area contributed by atoms with Gasteiger partial charge in [0.15, 0.2) is 10.8 Å². The highest BCUT2D eigenvalue weighted by Gasteiger charge is 2.99. The molecule has 0 unspecified atom stereocenters. The average Bonchev–Trinajstić information content (AvgIpc) is 2.88. The van der Waals surface area contributed by atoms with E-state index >= 15 is 0 Å². The normalized spacial score (nSPS) is 42.1. The maximum atomic E-state index is 10.2. The highest BCUT2D eigenvalue weighted by atomic mass is 32.2. The highest BCUT2D eigenvalue weighted by Crippen LogP contribution is 2.87. The van der Waals surface area contributed by atoms with Gasteiger partial charge in [0, 0.05) is 11.2 Å². The zero-order valence-electron chi connectivity index (χ0n) is 13.4. The molecule has 1 saturated carbocycles. The third kappa shape index (κ3) is 1.21. The summed E-state index contributed by atoms with van der Waals surface area (Å²) in [6, 6.07) is 12.1. The fraction of sp³-hybridized carbons (Fsp3) is 0.471. The van der Waals surface area contributed by atoms with E-state index in [9.17, 15) is 10.5 Å². The number of aliphatic imine (C=N–C) groups is 1. The first-order chi connectivity index (χ1) is 11.5. The van der Waals surface area contributed by atoms with E-state index in [0.717, 1.165) is 11.3 Å². The number of thioether (sulfide) groups is 1. The summed E-state index contributed by atoms with van der Waals surface area (Å²) in [5.74, 6) is 1.63. The summed E-state index contributed by atoms with van der Waals surface area (Å²) in [5, 5.41) is 19.1. The number of hydrogen-bond donors (Lipinski definition) is 1. The number of amidine groups is 1. The lowest BCUT2D eigenvalue weighted by atomic mass is 9.85. The van der Waals surface area contributed by atoms with Gasteiger partial charge in [0.2, 0.25) is 5.06 Å². The molecule has 3 aliphatic rings. The number of nitrogens with zero attached hydrogens (tertiary/aromatic N) is 3. The molecule has 122 valence electrons. The Morgan fingerprint density at radius 1 is 1.29 bits per heavy atom. The van der Waals surface area contributed by atoms with E-state index in [2.05, 4.69) is 17.1 Å². The second-order valence-electron chi connectivity index (χ2n) is 6.35. The summed E-state index contributed by atoms with van der Waals surface area (Å²) in [6.07, 6.45) is 0. The van der Waals surface area contributed by atoms with Crippen LogP contribution in [0.3, 0.4) is 0 Å². The Morgan fingerprint density at radius 2 is 2.00 bits per heavy atom. The van der Waals surface area contributed by atoms with E-state index in [-0.39, 0.29) is 5.84 Å². The number of hydrogen-bond acceptors (Lipinski definition) is 7. The molecule has 6 nitrogen and oxygen atoms in total. The summed E-state index contributed by atoms with van der Waals surface area (Å²) in [6.45, 7) is 2.40. The molecule has 2 fully saturated rings. The van der Waals surface area contributed by atoms with Crippen molar-refractivity contribution in [1.82, 2.24) is 0 Å². The van der Waals surface area contributed by atoms with Crippen molar-refractivity contribution in [2.75, 3.05) is 19.5 Å². The van der Waals surface area contributed by atoms with Crippen LogP contribution in [0.15, 0.2) is 29.3 Å². The monoisotopic (exact) mass is 340 g/mol. The van der Waals surface area contributed by atoms with Gasteiger partial charge in [-0.05, 0) is 17.7 Å². The third-order valence-corrected chi connectivity index (χ3v) is 7.08. The molecule has 0 radical (unpaired) electrons. The number of nitriles is 2. The van der Waals surface area contributed by atoms with Crippen molar-refractivity contribution in [2.24, 2.45) is 21.6 Å². The van der Waals surface area contributed by atoms with Crippen molar-refractivity contribution in [3.05, 3.63) is 29.8 Å². The van der Waals surface area contributed by atoms with Crippen LogP contribution in [-0.2, 0) is 10.2 Å². The lowest BCUT2D eigenvalue weighted by Gasteiger charge is -2.30.